The Labute approximate surface area is 140 Å². The fourth-order valence-corrected chi connectivity index (χ4v) is 5.01. The number of rotatable bonds is 4. The summed E-state index contributed by atoms with van der Waals surface area (Å²) >= 11 is 0. The monoisotopic (exact) mass is 346 g/mol. The van der Waals surface area contributed by atoms with Crippen molar-refractivity contribution in [2.24, 2.45) is 0 Å². The van der Waals surface area contributed by atoms with E-state index < -0.39 is 10.0 Å². The molecule has 1 atom stereocenters. The number of benzene rings is 2. The molecule has 126 valence electrons. The van der Waals surface area contributed by atoms with E-state index in [-0.39, 0.29) is 23.5 Å². The van der Waals surface area contributed by atoms with Crippen molar-refractivity contribution in [1.82, 2.24) is 5.32 Å². The second kappa shape index (κ2) is 5.75. The first kappa shape index (κ1) is 15.4. The van der Waals surface area contributed by atoms with Gasteiger partial charge in [0.15, 0.2) is 0 Å². The molecule has 2 aliphatic rings. The Bertz CT molecular complexity index is 899. The summed E-state index contributed by atoms with van der Waals surface area (Å²) in [4.78, 5) is 12.5. The SMILES string of the molecule is O=C(CN1c2cccc3cccc(c23)S1(=O)=O)NC[C@@H]1CCCO1. The van der Waals surface area contributed by atoms with Crippen LogP contribution >= 0.6 is 0 Å². The molecule has 2 aromatic rings. The predicted molar refractivity (Wildman–Crippen MR) is 90.5 cm³/mol. The van der Waals surface area contributed by atoms with Gasteiger partial charge in [-0.15, -0.1) is 0 Å². The molecule has 1 saturated heterocycles. The number of amides is 1. The maximum absolute atomic E-state index is 12.8. The second-order valence-electron chi connectivity index (χ2n) is 6.08. The topological polar surface area (TPSA) is 75.7 Å². The van der Waals surface area contributed by atoms with Gasteiger partial charge in [0, 0.05) is 18.5 Å². The summed E-state index contributed by atoms with van der Waals surface area (Å²) < 4.78 is 32.2. The zero-order valence-corrected chi connectivity index (χ0v) is 13.9. The maximum Gasteiger partial charge on any atom is 0.265 e. The zero-order valence-electron chi connectivity index (χ0n) is 13.1. The molecule has 4 rings (SSSR count). The lowest BCUT2D eigenvalue weighted by atomic mass is 10.1. The summed E-state index contributed by atoms with van der Waals surface area (Å²) in [6.45, 7) is 0.922. The third-order valence-corrected chi connectivity index (χ3v) is 6.32. The van der Waals surface area contributed by atoms with E-state index >= 15 is 0 Å². The molecule has 0 radical (unpaired) electrons. The van der Waals surface area contributed by atoms with Crippen LogP contribution in [0.25, 0.3) is 10.8 Å². The Hall–Kier alpha value is -2.12. The van der Waals surface area contributed by atoms with Crippen molar-refractivity contribution in [3.63, 3.8) is 0 Å². The zero-order chi connectivity index (χ0) is 16.7. The highest BCUT2D eigenvalue weighted by atomic mass is 32.2. The molecule has 0 saturated carbocycles. The Balaban J connectivity index is 1.58. The van der Waals surface area contributed by atoms with Crippen LogP contribution in [0.1, 0.15) is 12.8 Å². The van der Waals surface area contributed by atoms with E-state index in [2.05, 4.69) is 5.32 Å². The van der Waals surface area contributed by atoms with Crippen LogP contribution in [0.15, 0.2) is 41.3 Å². The number of nitrogens with one attached hydrogen (secondary N) is 1. The fraction of sp³-hybridized carbons (Fsp3) is 0.353. The molecule has 0 aromatic heterocycles. The predicted octanol–water partition coefficient (Wildman–Crippen LogP) is 1.64. The van der Waals surface area contributed by atoms with E-state index in [9.17, 15) is 13.2 Å². The second-order valence-corrected chi connectivity index (χ2v) is 7.91. The van der Waals surface area contributed by atoms with Gasteiger partial charge in [-0.2, -0.15) is 0 Å². The number of nitrogens with zero attached hydrogens (tertiary/aromatic N) is 1. The van der Waals surface area contributed by atoms with Crippen LogP contribution in [0.4, 0.5) is 5.69 Å². The van der Waals surface area contributed by atoms with Crippen LogP contribution in [0.2, 0.25) is 0 Å². The normalized spacial score (nSPS) is 21.3. The van der Waals surface area contributed by atoms with Gasteiger partial charge < -0.3 is 10.1 Å². The number of sulfonamides is 1. The summed E-state index contributed by atoms with van der Waals surface area (Å²) in [7, 11) is -3.69. The molecule has 1 N–H and O–H groups in total. The summed E-state index contributed by atoms with van der Waals surface area (Å²) in [6.07, 6.45) is 1.95. The van der Waals surface area contributed by atoms with Gasteiger partial charge in [-0.25, -0.2) is 8.42 Å². The lowest BCUT2D eigenvalue weighted by molar-refractivity contribution is -0.120. The molecular formula is C17H18N2O4S. The Morgan fingerprint density at radius 1 is 1.25 bits per heavy atom. The van der Waals surface area contributed by atoms with Crippen LogP contribution in [0, 0.1) is 0 Å². The van der Waals surface area contributed by atoms with Crippen molar-refractivity contribution < 1.29 is 17.9 Å². The van der Waals surface area contributed by atoms with Crippen LogP contribution in [-0.4, -0.2) is 40.1 Å². The van der Waals surface area contributed by atoms with E-state index in [0.29, 0.717) is 17.6 Å². The van der Waals surface area contributed by atoms with E-state index in [1.54, 1.807) is 24.3 Å². The number of carbonyl (C=O) groups is 1. The van der Waals surface area contributed by atoms with Crippen LogP contribution in [-0.2, 0) is 19.6 Å². The van der Waals surface area contributed by atoms with Gasteiger partial charge in [-0.05, 0) is 30.4 Å². The average Bonchev–Trinajstić information content (AvgIpc) is 3.16. The quantitative estimate of drug-likeness (QED) is 0.913. The summed E-state index contributed by atoms with van der Waals surface area (Å²) in [5.74, 6) is -0.320. The van der Waals surface area contributed by atoms with E-state index in [4.69, 9.17) is 4.74 Å². The van der Waals surface area contributed by atoms with Gasteiger partial charge in [0.05, 0.1) is 16.7 Å². The molecular weight excluding hydrogens is 328 g/mol. The number of hydrogen-bond acceptors (Lipinski definition) is 4. The molecule has 0 aliphatic carbocycles. The third-order valence-electron chi connectivity index (χ3n) is 4.52. The Morgan fingerprint density at radius 2 is 2.04 bits per heavy atom. The van der Waals surface area contributed by atoms with Crippen LogP contribution < -0.4 is 9.62 Å². The Morgan fingerprint density at radius 3 is 2.79 bits per heavy atom. The minimum absolute atomic E-state index is 0.0322. The van der Waals surface area contributed by atoms with Crippen molar-refractivity contribution in [2.45, 2.75) is 23.8 Å². The lowest BCUT2D eigenvalue weighted by Crippen LogP contribution is -2.41. The molecule has 7 heteroatoms. The first-order chi connectivity index (χ1) is 11.6. The third kappa shape index (κ3) is 2.44. The van der Waals surface area contributed by atoms with E-state index in [1.807, 2.05) is 12.1 Å². The average molecular weight is 346 g/mol. The largest absolute Gasteiger partial charge is 0.376 e. The maximum atomic E-state index is 12.8. The van der Waals surface area contributed by atoms with Crippen LogP contribution in [0.3, 0.4) is 0 Å². The van der Waals surface area contributed by atoms with Crippen molar-refractivity contribution in [2.75, 3.05) is 24.0 Å². The van der Waals surface area contributed by atoms with Gasteiger partial charge in [-0.1, -0.05) is 24.3 Å². The highest BCUT2D eigenvalue weighted by molar-refractivity contribution is 7.93. The first-order valence-corrected chi connectivity index (χ1v) is 9.44. The lowest BCUT2D eigenvalue weighted by Gasteiger charge is -2.19. The first-order valence-electron chi connectivity index (χ1n) is 8.00. The molecule has 6 nitrogen and oxygen atoms in total. The number of ether oxygens (including phenoxy) is 1. The highest BCUT2D eigenvalue weighted by Gasteiger charge is 2.36. The van der Waals surface area contributed by atoms with Crippen molar-refractivity contribution >= 4 is 32.4 Å². The van der Waals surface area contributed by atoms with Gasteiger partial charge >= 0.3 is 0 Å². The smallest absolute Gasteiger partial charge is 0.265 e. The molecule has 1 amide bonds. The molecule has 0 spiro atoms. The number of hydrogen-bond donors (Lipinski definition) is 1. The molecule has 0 bridgehead atoms. The molecule has 0 unspecified atom stereocenters. The standard InChI is InChI=1S/C17H18N2O4S/c20-16(18-10-13-6-3-9-23-13)11-19-14-7-1-4-12-5-2-8-15(17(12)14)24(19,21)22/h1-2,4-5,7-8,13H,3,6,9-11H2,(H,18,20)/t13-/m0/s1. The fourth-order valence-electron chi connectivity index (χ4n) is 3.35. The van der Waals surface area contributed by atoms with Gasteiger partial charge in [-0.3, -0.25) is 9.10 Å². The van der Waals surface area contributed by atoms with Gasteiger partial charge in [0.2, 0.25) is 5.91 Å². The van der Waals surface area contributed by atoms with Crippen molar-refractivity contribution in [1.29, 1.82) is 0 Å². The molecule has 1 fully saturated rings. The summed E-state index contributed by atoms with van der Waals surface area (Å²) in [5, 5.41) is 4.32. The minimum Gasteiger partial charge on any atom is -0.376 e. The summed E-state index contributed by atoms with van der Waals surface area (Å²) in [6, 6.07) is 10.6. The van der Waals surface area contributed by atoms with Crippen molar-refractivity contribution in [3.8, 4) is 0 Å². The number of carbonyl (C=O) groups excluding carboxylic acids is 1. The highest BCUT2D eigenvalue weighted by Crippen LogP contribution is 2.41. The van der Waals surface area contributed by atoms with E-state index in [0.717, 1.165) is 24.8 Å². The van der Waals surface area contributed by atoms with E-state index in [1.165, 1.54) is 4.31 Å². The minimum atomic E-state index is -3.69. The molecule has 24 heavy (non-hydrogen) atoms. The van der Waals surface area contributed by atoms with Gasteiger partial charge in [0.1, 0.15) is 6.54 Å². The summed E-state index contributed by atoms with van der Waals surface area (Å²) in [5.41, 5.74) is 0.565. The molecule has 2 aliphatic heterocycles. The van der Waals surface area contributed by atoms with Gasteiger partial charge in [0.25, 0.3) is 10.0 Å². The molecule has 2 aromatic carbocycles. The number of anilines is 1. The van der Waals surface area contributed by atoms with Crippen molar-refractivity contribution in [3.05, 3.63) is 36.4 Å². The Kier molecular flexibility index (Phi) is 3.69. The molecule has 2 heterocycles. The van der Waals surface area contributed by atoms with Crippen LogP contribution in [0.5, 0.6) is 0 Å².